The van der Waals surface area contributed by atoms with E-state index in [1.54, 1.807) is 7.11 Å². The number of methoxy groups -OCH3 is 1. The van der Waals surface area contributed by atoms with Gasteiger partial charge in [0.1, 0.15) is 0 Å². The maximum Gasteiger partial charge on any atom is 0.208 e. The number of hydrazine groups is 1. The lowest BCUT2D eigenvalue weighted by Gasteiger charge is -2.37. The molecule has 1 aliphatic heterocycles. The first-order valence-corrected chi connectivity index (χ1v) is 6.15. The lowest BCUT2D eigenvalue weighted by atomic mass is 10.2. The number of aliphatic hydroxyl groups is 1. The standard InChI is InChI=1S/C11H24N4O3/c1-8(7-17-3)13-11(14-12)15-4-9(2)18-10(5-15)6-16/h8-10,16H,4-7,12H2,1-3H3,(H,13,14). The summed E-state index contributed by atoms with van der Waals surface area (Å²) in [7, 11) is 1.64. The summed E-state index contributed by atoms with van der Waals surface area (Å²) in [6.07, 6.45) is -0.169. The summed E-state index contributed by atoms with van der Waals surface area (Å²) in [5.74, 6) is 6.12. The van der Waals surface area contributed by atoms with Crippen LogP contribution in [0.3, 0.4) is 0 Å². The Kier molecular flexibility index (Phi) is 6.34. The molecule has 106 valence electrons. The number of aliphatic imine (C=N–C) groups is 1. The highest BCUT2D eigenvalue weighted by molar-refractivity contribution is 5.79. The van der Waals surface area contributed by atoms with E-state index in [1.165, 1.54) is 0 Å². The van der Waals surface area contributed by atoms with Crippen molar-refractivity contribution in [3.63, 3.8) is 0 Å². The molecule has 1 rings (SSSR count). The Bertz CT molecular complexity index is 275. The van der Waals surface area contributed by atoms with Crippen LogP contribution in [-0.4, -0.2) is 67.6 Å². The molecule has 0 bridgehead atoms. The minimum atomic E-state index is -0.204. The van der Waals surface area contributed by atoms with Crippen molar-refractivity contribution in [2.24, 2.45) is 10.8 Å². The summed E-state index contributed by atoms with van der Waals surface area (Å²) in [6.45, 7) is 5.71. The van der Waals surface area contributed by atoms with E-state index in [0.717, 1.165) is 0 Å². The van der Waals surface area contributed by atoms with E-state index in [4.69, 9.17) is 15.3 Å². The molecule has 3 unspecified atom stereocenters. The zero-order valence-electron chi connectivity index (χ0n) is 11.3. The van der Waals surface area contributed by atoms with Crippen LogP contribution >= 0.6 is 0 Å². The largest absolute Gasteiger partial charge is 0.394 e. The maximum absolute atomic E-state index is 9.18. The predicted octanol–water partition coefficient (Wildman–Crippen LogP) is -1.08. The molecule has 7 nitrogen and oxygen atoms in total. The Labute approximate surface area is 108 Å². The first kappa shape index (κ1) is 15.2. The van der Waals surface area contributed by atoms with Crippen molar-refractivity contribution in [1.29, 1.82) is 0 Å². The van der Waals surface area contributed by atoms with Gasteiger partial charge < -0.3 is 19.5 Å². The van der Waals surface area contributed by atoms with E-state index < -0.39 is 0 Å². The number of hydrogen-bond donors (Lipinski definition) is 3. The van der Waals surface area contributed by atoms with Crippen molar-refractivity contribution in [2.75, 3.05) is 33.4 Å². The molecule has 4 N–H and O–H groups in total. The van der Waals surface area contributed by atoms with Gasteiger partial charge in [0.25, 0.3) is 0 Å². The fourth-order valence-electron chi connectivity index (χ4n) is 2.02. The third-order valence-corrected chi connectivity index (χ3v) is 2.71. The maximum atomic E-state index is 9.18. The normalized spacial score (nSPS) is 27.2. The van der Waals surface area contributed by atoms with Crippen molar-refractivity contribution < 1.29 is 14.6 Å². The number of nitrogens with zero attached hydrogens (tertiary/aromatic N) is 2. The van der Waals surface area contributed by atoms with Crippen molar-refractivity contribution in [2.45, 2.75) is 32.1 Å². The predicted molar refractivity (Wildman–Crippen MR) is 69.1 cm³/mol. The monoisotopic (exact) mass is 260 g/mol. The number of guanidine groups is 1. The molecule has 0 spiro atoms. The second-order valence-electron chi connectivity index (χ2n) is 4.56. The Morgan fingerprint density at radius 2 is 2.39 bits per heavy atom. The average molecular weight is 260 g/mol. The van der Waals surface area contributed by atoms with Crippen LogP contribution in [0.2, 0.25) is 0 Å². The molecule has 0 radical (unpaired) electrons. The number of hydrogen-bond acceptors (Lipinski definition) is 5. The Morgan fingerprint density at radius 1 is 1.67 bits per heavy atom. The van der Waals surface area contributed by atoms with Crippen LogP contribution in [0.25, 0.3) is 0 Å². The van der Waals surface area contributed by atoms with Crippen LogP contribution in [-0.2, 0) is 9.47 Å². The molecule has 7 heteroatoms. The summed E-state index contributed by atoms with van der Waals surface area (Å²) in [5.41, 5.74) is 2.61. The van der Waals surface area contributed by atoms with E-state index >= 15 is 0 Å². The van der Waals surface area contributed by atoms with Gasteiger partial charge in [0.2, 0.25) is 5.96 Å². The molecule has 0 aromatic carbocycles. The quantitative estimate of drug-likeness (QED) is 0.258. The molecular formula is C11H24N4O3. The number of nitrogens with two attached hydrogens (primary N) is 1. The van der Waals surface area contributed by atoms with Crippen LogP contribution in [0.15, 0.2) is 4.99 Å². The third kappa shape index (κ3) is 4.41. The van der Waals surface area contributed by atoms with Gasteiger partial charge in [-0.3, -0.25) is 5.43 Å². The molecule has 0 saturated carbocycles. The van der Waals surface area contributed by atoms with Crippen LogP contribution in [0.1, 0.15) is 13.8 Å². The highest BCUT2D eigenvalue weighted by Crippen LogP contribution is 2.11. The van der Waals surface area contributed by atoms with Gasteiger partial charge in [-0.2, -0.15) is 0 Å². The molecule has 1 saturated heterocycles. The zero-order valence-corrected chi connectivity index (χ0v) is 11.3. The van der Waals surface area contributed by atoms with E-state index in [9.17, 15) is 5.11 Å². The van der Waals surface area contributed by atoms with Crippen LogP contribution in [0.4, 0.5) is 0 Å². The van der Waals surface area contributed by atoms with Crippen molar-refractivity contribution in [1.82, 2.24) is 10.3 Å². The first-order valence-electron chi connectivity index (χ1n) is 6.15. The van der Waals surface area contributed by atoms with E-state index in [0.29, 0.717) is 25.7 Å². The molecule has 1 fully saturated rings. The fourth-order valence-corrected chi connectivity index (χ4v) is 2.02. The molecule has 0 aromatic rings. The second-order valence-corrected chi connectivity index (χ2v) is 4.56. The van der Waals surface area contributed by atoms with Gasteiger partial charge in [-0.1, -0.05) is 0 Å². The molecule has 0 aromatic heterocycles. The summed E-state index contributed by atoms with van der Waals surface area (Å²) < 4.78 is 10.6. The Hall–Kier alpha value is -0.890. The number of morpholine rings is 1. The molecule has 18 heavy (non-hydrogen) atoms. The molecular weight excluding hydrogens is 236 g/mol. The first-order chi connectivity index (χ1) is 8.60. The molecule has 1 heterocycles. The molecule has 0 amide bonds. The number of ether oxygens (including phenoxy) is 2. The number of rotatable bonds is 4. The lowest BCUT2D eigenvalue weighted by molar-refractivity contribution is -0.0793. The van der Waals surface area contributed by atoms with E-state index in [2.05, 4.69) is 10.4 Å². The number of nitrogens with one attached hydrogen (secondary N) is 1. The minimum Gasteiger partial charge on any atom is -0.394 e. The van der Waals surface area contributed by atoms with Gasteiger partial charge >= 0.3 is 0 Å². The highest BCUT2D eigenvalue weighted by atomic mass is 16.5. The van der Waals surface area contributed by atoms with Crippen molar-refractivity contribution >= 4 is 5.96 Å². The summed E-state index contributed by atoms with van der Waals surface area (Å²) in [4.78, 5) is 6.44. The van der Waals surface area contributed by atoms with Gasteiger partial charge in [0, 0.05) is 20.2 Å². The van der Waals surface area contributed by atoms with Gasteiger partial charge in [0.15, 0.2) is 0 Å². The van der Waals surface area contributed by atoms with Crippen molar-refractivity contribution in [3.8, 4) is 0 Å². The molecule has 0 aliphatic carbocycles. The fraction of sp³-hybridized carbons (Fsp3) is 0.909. The van der Waals surface area contributed by atoms with Crippen LogP contribution < -0.4 is 11.3 Å². The average Bonchev–Trinajstić information content (AvgIpc) is 2.35. The molecule has 1 aliphatic rings. The van der Waals surface area contributed by atoms with E-state index in [1.807, 2.05) is 18.7 Å². The third-order valence-electron chi connectivity index (χ3n) is 2.71. The van der Waals surface area contributed by atoms with Gasteiger partial charge in [0.05, 0.1) is 31.5 Å². The van der Waals surface area contributed by atoms with Gasteiger partial charge in [-0.05, 0) is 13.8 Å². The van der Waals surface area contributed by atoms with Gasteiger partial charge in [-0.25, -0.2) is 10.8 Å². The smallest absolute Gasteiger partial charge is 0.208 e. The summed E-state index contributed by atoms with van der Waals surface area (Å²) in [6, 6.07) is 0.0202. The minimum absolute atomic E-state index is 0.00762. The number of aliphatic hydroxyl groups excluding tert-OH is 1. The topological polar surface area (TPSA) is 92.3 Å². The van der Waals surface area contributed by atoms with Gasteiger partial charge in [-0.15, -0.1) is 0 Å². The van der Waals surface area contributed by atoms with Crippen LogP contribution in [0.5, 0.6) is 0 Å². The lowest BCUT2D eigenvalue weighted by Crippen LogP contribution is -2.55. The summed E-state index contributed by atoms with van der Waals surface area (Å²) >= 11 is 0. The van der Waals surface area contributed by atoms with Crippen LogP contribution in [0, 0.1) is 0 Å². The molecule has 3 atom stereocenters. The van der Waals surface area contributed by atoms with Crippen molar-refractivity contribution in [3.05, 3.63) is 0 Å². The SMILES string of the molecule is COCC(C)N=C(NN)N1CC(C)OC(CO)C1. The Balaban J connectivity index is 2.68. The highest BCUT2D eigenvalue weighted by Gasteiger charge is 2.26. The second kappa shape index (κ2) is 7.52. The Morgan fingerprint density at radius 3 is 2.94 bits per heavy atom. The van der Waals surface area contributed by atoms with E-state index in [-0.39, 0.29) is 24.9 Å². The zero-order chi connectivity index (χ0) is 13.5. The summed E-state index contributed by atoms with van der Waals surface area (Å²) in [5, 5.41) is 9.18.